The molecule has 0 spiro atoms. The Balaban J connectivity index is 1.93. The molecule has 0 unspecified atom stereocenters. The Morgan fingerprint density at radius 2 is 2.05 bits per heavy atom. The van der Waals surface area contributed by atoms with Gasteiger partial charge in [0.1, 0.15) is 5.76 Å². The minimum atomic E-state index is -0.152. The molecule has 1 aromatic carbocycles. The maximum atomic E-state index is 12.1. The molecule has 0 N–H and O–H groups in total. The van der Waals surface area contributed by atoms with E-state index in [4.69, 9.17) is 4.42 Å². The van der Waals surface area contributed by atoms with E-state index in [1.54, 1.807) is 16.8 Å². The molecule has 4 heteroatoms. The van der Waals surface area contributed by atoms with Crippen LogP contribution in [0.15, 0.2) is 40.8 Å². The molecule has 3 rings (SSSR count). The number of carbonyl (C=O) groups is 1. The number of allylic oxidation sites excluding steroid dienone is 1. The zero-order chi connectivity index (χ0) is 15.0. The Morgan fingerprint density at radius 3 is 2.76 bits per heavy atom. The number of carbonyl (C=O) groups excluding carboxylic acids is 1. The topological polar surface area (TPSA) is 48.0 Å². The summed E-state index contributed by atoms with van der Waals surface area (Å²) in [5, 5.41) is 5.45. The average molecular weight is 280 g/mol. The molecule has 0 fully saturated rings. The quantitative estimate of drug-likeness (QED) is 0.543. The van der Waals surface area contributed by atoms with Gasteiger partial charge >= 0.3 is 0 Å². The largest absolute Gasteiger partial charge is 0.458 e. The molecule has 4 nitrogen and oxygen atoms in total. The van der Waals surface area contributed by atoms with Gasteiger partial charge in [-0.1, -0.05) is 18.2 Å². The lowest BCUT2D eigenvalue weighted by atomic mass is 10.2. The number of para-hydroxylation sites is 1. The number of aromatic nitrogens is 2. The molecule has 3 aromatic rings. The number of aryl methyl sites for hydroxylation is 3. The standard InChI is InChI=1S/C17H16N2O2/c1-11-10-17(21-12(11)2)16(20)9-8-14-13-6-4-5-7-15(13)19(3)18-14/h4-10H,1-3H3/b9-8+. The Bertz CT molecular complexity index is 833. The fraction of sp³-hybridized carbons (Fsp3) is 0.176. The summed E-state index contributed by atoms with van der Waals surface area (Å²) in [6, 6.07) is 9.69. The van der Waals surface area contributed by atoms with Gasteiger partial charge in [0, 0.05) is 12.4 Å². The molecule has 0 saturated carbocycles. The van der Waals surface area contributed by atoms with Crippen molar-refractivity contribution in [3.63, 3.8) is 0 Å². The van der Waals surface area contributed by atoms with Crippen LogP contribution in [0.2, 0.25) is 0 Å². The lowest BCUT2D eigenvalue weighted by molar-refractivity contribution is 0.102. The van der Waals surface area contributed by atoms with E-state index in [-0.39, 0.29) is 5.78 Å². The molecule has 2 heterocycles. The third-order valence-electron chi connectivity index (χ3n) is 3.59. The summed E-state index contributed by atoms with van der Waals surface area (Å²) in [4.78, 5) is 12.1. The number of fused-ring (bicyclic) bond motifs is 1. The lowest BCUT2D eigenvalue weighted by Crippen LogP contribution is -1.92. The minimum Gasteiger partial charge on any atom is -0.458 e. The van der Waals surface area contributed by atoms with Gasteiger partial charge in [0.2, 0.25) is 5.78 Å². The van der Waals surface area contributed by atoms with Crippen molar-refractivity contribution in [3.05, 3.63) is 59.2 Å². The summed E-state index contributed by atoms with van der Waals surface area (Å²) in [7, 11) is 1.89. The van der Waals surface area contributed by atoms with E-state index in [0.717, 1.165) is 27.9 Å². The number of benzene rings is 1. The fourth-order valence-corrected chi connectivity index (χ4v) is 2.30. The molecular weight excluding hydrogens is 264 g/mol. The first-order chi connectivity index (χ1) is 10.1. The third-order valence-corrected chi connectivity index (χ3v) is 3.59. The Hall–Kier alpha value is -2.62. The minimum absolute atomic E-state index is 0.152. The van der Waals surface area contributed by atoms with Crippen LogP contribution < -0.4 is 0 Å². The van der Waals surface area contributed by atoms with Crippen LogP contribution in [0.4, 0.5) is 0 Å². The van der Waals surface area contributed by atoms with Gasteiger partial charge in [0.25, 0.3) is 0 Å². The Kier molecular flexibility index (Phi) is 3.22. The number of nitrogens with zero attached hydrogens (tertiary/aromatic N) is 2. The highest BCUT2D eigenvalue weighted by Gasteiger charge is 2.10. The second-order valence-corrected chi connectivity index (χ2v) is 5.07. The number of furan rings is 1. The fourth-order valence-electron chi connectivity index (χ4n) is 2.30. The monoisotopic (exact) mass is 280 g/mol. The summed E-state index contributed by atoms with van der Waals surface area (Å²) in [6.45, 7) is 3.77. The van der Waals surface area contributed by atoms with Crippen LogP contribution in [0.3, 0.4) is 0 Å². The SMILES string of the molecule is Cc1cc(C(=O)/C=C/c2nn(C)c3ccccc23)oc1C. The van der Waals surface area contributed by atoms with E-state index in [1.807, 2.05) is 45.2 Å². The molecule has 0 amide bonds. The van der Waals surface area contributed by atoms with Gasteiger partial charge in [0.05, 0.1) is 11.2 Å². The number of hydrogen-bond acceptors (Lipinski definition) is 3. The van der Waals surface area contributed by atoms with E-state index in [2.05, 4.69) is 5.10 Å². The Labute approximate surface area is 122 Å². The van der Waals surface area contributed by atoms with Crippen molar-refractivity contribution in [3.8, 4) is 0 Å². The van der Waals surface area contributed by atoms with Crippen LogP contribution in [0.1, 0.15) is 27.6 Å². The number of ketones is 1. The van der Waals surface area contributed by atoms with Gasteiger partial charge in [-0.2, -0.15) is 5.10 Å². The second kappa shape index (κ2) is 5.05. The molecule has 0 saturated heterocycles. The number of rotatable bonds is 3. The molecule has 0 aliphatic heterocycles. The summed E-state index contributed by atoms with van der Waals surface area (Å²) in [5.74, 6) is 0.984. The highest BCUT2D eigenvalue weighted by Crippen LogP contribution is 2.19. The van der Waals surface area contributed by atoms with Crippen molar-refractivity contribution in [2.75, 3.05) is 0 Å². The van der Waals surface area contributed by atoms with Crippen LogP contribution in [0, 0.1) is 13.8 Å². The Morgan fingerprint density at radius 1 is 1.29 bits per heavy atom. The van der Waals surface area contributed by atoms with Gasteiger partial charge in [0.15, 0.2) is 5.76 Å². The van der Waals surface area contributed by atoms with E-state index in [1.165, 1.54) is 6.08 Å². The van der Waals surface area contributed by atoms with E-state index < -0.39 is 0 Å². The molecule has 0 bridgehead atoms. The molecule has 106 valence electrons. The van der Waals surface area contributed by atoms with E-state index in [9.17, 15) is 4.79 Å². The first-order valence-corrected chi connectivity index (χ1v) is 6.77. The molecular formula is C17H16N2O2. The van der Waals surface area contributed by atoms with Gasteiger partial charge in [-0.05, 0) is 43.7 Å². The first-order valence-electron chi connectivity index (χ1n) is 6.77. The van der Waals surface area contributed by atoms with Crippen molar-refractivity contribution in [1.82, 2.24) is 9.78 Å². The molecule has 2 aromatic heterocycles. The van der Waals surface area contributed by atoms with Crippen molar-refractivity contribution in [2.45, 2.75) is 13.8 Å². The van der Waals surface area contributed by atoms with Crippen LogP contribution in [-0.4, -0.2) is 15.6 Å². The van der Waals surface area contributed by atoms with Crippen LogP contribution in [0.5, 0.6) is 0 Å². The smallest absolute Gasteiger partial charge is 0.221 e. The summed E-state index contributed by atoms with van der Waals surface area (Å²) in [5.41, 5.74) is 2.80. The molecule has 0 aliphatic carbocycles. The van der Waals surface area contributed by atoms with Crippen molar-refractivity contribution >= 4 is 22.8 Å². The van der Waals surface area contributed by atoms with Gasteiger partial charge in [-0.3, -0.25) is 9.48 Å². The van der Waals surface area contributed by atoms with Gasteiger partial charge in [-0.15, -0.1) is 0 Å². The van der Waals surface area contributed by atoms with E-state index in [0.29, 0.717) is 5.76 Å². The van der Waals surface area contributed by atoms with E-state index >= 15 is 0 Å². The van der Waals surface area contributed by atoms with Crippen molar-refractivity contribution in [1.29, 1.82) is 0 Å². The maximum Gasteiger partial charge on any atom is 0.221 e. The highest BCUT2D eigenvalue weighted by molar-refractivity contribution is 6.05. The maximum absolute atomic E-state index is 12.1. The molecule has 0 atom stereocenters. The first kappa shape index (κ1) is 13.4. The normalized spacial score (nSPS) is 11.6. The molecule has 0 radical (unpaired) electrons. The van der Waals surface area contributed by atoms with Gasteiger partial charge < -0.3 is 4.42 Å². The van der Waals surface area contributed by atoms with Gasteiger partial charge in [-0.25, -0.2) is 0 Å². The van der Waals surface area contributed by atoms with Crippen molar-refractivity contribution in [2.24, 2.45) is 7.05 Å². The summed E-state index contributed by atoms with van der Waals surface area (Å²) >= 11 is 0. The third kappa shape index (κ3) is 2.40. The van der Waals surface area contributed by atoms with Crippen LogP contribution >= 0.6 is 0 Å². The summed E-state index contributed by atoms with van der Waals surface area (Å²) < 4.78 is 7.24. The highest BCUT2D eigenvalue weighted by atomic mass is 16.3. The lowest BCUT2D eigenvalue weighted by Gasteiger charge is -1.90. The van der Waals surface area contributed by atoms with Crippen molar-refractivity contribution < 1.29 is 9.21 Å². The predicted octanol–water partition coefficient (Wildman–Crippen LogP) is 3.68. The zero-order valence-electron chi connectivity index (χ0n) is 12.3. The molecule has 0 aliphatic rings. The zero-order valence-corrected chi connectivity index (χ0v) is 12.3. The molecule has 21 heavy (non-hydrogen) atoms. The second-order valence-electron chi connectivity index (χ2n) is 5.07. The summed E-state index contributed by atoms with van der Waals surface area (Å²) in [6.07, 6.45) is 3.24. The number of hydrogen-bond donors (Lipinski definition) is 0. The average Bonchev–Trinajstić information content (AvgIpc) is 2.98. The van der Waals surface area contributed by atoms with Crippen LogP contribution in [0.25, 0.3) is 17.0 Å². The van der Waals surface area contributed by atoms with Crippen LogP contribution in [-0.2, 0) is 7.05 Å². The predicted molar refractivity (Wildman–Crippen MR) is 82.3 cm³/mol.